The largest absolute Gasteiger partial charge is 0.480 e. The number of nitrogens with zero attached hydrogens (tertiary/aromatic N) is 2. The van der Waals surface area contributed by atoms with E-state index in [-0.39, 0.29) is 6.54 Å². The minimum absolute atomic E-state index is 0.257. The number of amides is 7. The van der Waals surface area contributed by atoms with E-state index in [4.69, 9.17) is 10.2 Å². The summed E-state index contributed by atoms with van der Waals surface area (Å²) in [6, 6.07) is 0. The van der Waals surface area contributed by atoms with Crippen LogP contribution in [0.2, 0.25) is 0 Å². The van der Waals surface area contributed by atoms with E-state index >= 15 is 0 Å². The van der Waals surface area contributed by atoms with Crippen LogP contribution in [0.5, 0.6) is 0 Å². The molecule has 0 atom stereocenters. The van der Waals surface area contributed by atoms with Crippen LogP contribution in [0.1, 0.15) is 13.8 Å². The first kappa shape index (κ1) is 33.2. The quantitative estimate of drug-likeness (QED) is 0.0906. The molecule has 7 amide bonds. The van der Waals surface area contributed by atoms with Gasteiger partial charge in [0.05, 0.1) is 26.2 Å². The molecule has 7 N–H and O–H groups in total. The molecule has 0 aliphatic rings. The van der Waals surface area contributed by atoms with Crippen molar-refractivity contribution in [3.8, 4) is 0 Å². The summed E-state index contributed by atoms with van der Waals surface area (Å²) in [5.41, 5.74) is 0. The standard InChI is InChI=1S/C20H31N7O11/c1-3-21-15(31)8-26(10-19(35)36)17(33)7-25-14(30)5-23-16(32)9-27(11-20(37)38)18(34)6-24-13(29)4-22-12(2)28/h3-11H2,1-2H3,(H,21,31)(H,22,28)(H,23,32)(H,24,29)(H,25,30)(H,35,36)(H,37,38). The lowest BCUT2D eigenvalue weighted by Gasteiger charge is -2.21. The maximum absolute atomic E-state index is 12.2. The topological polar surface area (TPSA) is 261 Å². The highest BCUT2D eigenvalue weighted by molar-refractivity contribution is 5.93. The maximum Gasteiger partial charge on any atom is 0.323 e. The molecule has 0 aromatic rings. The van der Waals surface area contributed by atoms with E-state index in [1.54, 1.807) is 6.92 Å². The average Bonchev–Trinajstić information content (AvgIpc) is 2.81. The molecule has 0 heterocycles. The molecule has 0 bridgehead atoms. The molecule has 0 aliphatic heterocycles. The summed E-state index contributed by atoms with van der Waals surface area (Å²) in [7, 11) is 0. The second-order valence-corrected chi connectivity index (χ2v) is 7.48. The maximum atomic E-state index is 12.2. The highest BCUT2D eigenvalue weighted by Crippen LogP contribution is 1.92. The van der Waals surface area contributed by atoms with Crippen LogP contribution in [0.15, 0.2) is 0 Å². The Morgan fingerprint density at radius 2 is 0.895 bits per heavy atom. The molecule has 0 saturated heterocycles. The van der Waals surface area contributed by atoms with Crippen LogP contribution < -0.4 is 26.6 Å². The van der Waals surface area contributed by atoms with Crippen molar-refractivity contribution >= 4 is 53.3 Å². The summed E-state index contributed by atoms with van der Waals surface area (Å²) < 4.78 is 0. The van der Waals surface area contributed by atoms with Gasteiger partial charge in [0.25, 0.3) is 0 Å². The van der Waals surface area contributed by atoms with Gasteiger partial charge in [0.15, 0.2) is 0 Å². The second-order valence-electron chi connectivity index (χ2n) is 7.48. The fraction of sp³-hybridized carbons (Fsp3) is 0.550. The number of carboxylic acid groups (broad SMARTS) is 2. The number of likely N-dealkylation sites (N-methyl/N-ethyl adjacent to an activating group) is 1. The van der Waals surface area contributed by atoms with Crippen LogP contribution in [-0.2, 0) is 43.2 Å². The number of nitrogens with one attached hydrogen (secondary N) is 5. The van der Waals surface area contributed by atoms with Gasteiger partial charge in [-0.15, -0.1) is 0 Å². The van der Waals surface area contributed by atoms with Crippen molar-refractivity contribution in [2.75, 3.05) is 58.9 Å². The molecular formula is C20H31N7O11. The van der Waals surface area contributed by atoms with Crippen LogP contribution in [0.3, 0.4) is 0 Å². The van der Waals surface area contributed by atoms with E-state index in [9.17, 15) is 43.2 Å². The summed E-state index contributed by atoms with van der Waals surface area (Å²) in [5.74, 6) is -8.27. The normalized spacial score (nSPS) is 9.84. The van der Waals surface area contributed by atoms with Gasteiger partial charge in [-0.3, -0.25) is 43.2 Å². The van der Waals surface area contributed by atoms with Crippen LogP contribution in [0.4, 0.5) is 0 Å². The Morgan fingerprint density at radius 3 is 1.26 bits per heavy atom. The molecule has 0 fully saturated rings. The number of hydrogen-bond acceptors (Lipinski definition) is 9. The lowest BCUT2D eigenvalue weighted by molar-refractivity contribution is -0.146. The van der Waals surface area contributed by atoms with Gasteiger partial charge in [-0.1, -0.05) is 0 Å². The van der Waals surface area contributed by atoms with Gasteiger partial charge in [0.2, 0.25) is 41.4 Å². The van der Waals surface area contributed by atoms with Gasteiger partial charge >= 0.3 is 11.9 Å². The number of carbonyl (C=O) groups excluding carboxylic acids is 7. The van der Waals surface area contributed by atoms with E-state index < -0.39 is 106 Å². The average molecular weight is 546 g/mol. The van der Waals surface area contributed by atoms with Crippen molar-refractivity contribution in [2.24, 2.45) is 0 Å². The van der Waals surface area contributed by atoms with Crippen LogP contribution >= 0.6 is 0 Å². The minimum atomic E-state index is -1.45. The Kier molecular flexibility index (Phi) is 15.4. The summed E-state index contributed by atoms with van der Waals surface area (Å²) in [4.78, 5) is 106. The first-order valence-electron chi connectivity index (χ1n) is 11.0. The summed E-state index contributed by atoms with van der Waals surface area (Å²) in [6.45, 7) is -2.38. The van der Waals surface area contributed by atoms with Crippen molar-refractivity contribution in [3.63, 3.8) is 0 Å². The van der Waals surface area contributed by atoms with Crippen molar-refractivity contribution in [3.05, 3.63) is 0 Å². The van der Waals surface area contributed by atoms with E-state index in [2.05, 4.69) is 26.6 Å². The van der Waals surface area contributed by atoms with Gasteiger partial charge in [-0.05, 0) is 6.92 Å². The fourth-order valence-electron chi connectivity index (χ4n) is 2.53. The van der Waals surface area contributed by atoms with Crippen LogP contribution in [0, 0.1) is 0 Å². The molecule has 0 spiro atoms. The van der Waals surface area contributed by atoms with Gasteiger partial charge in [-0.25, -0.2) is 0 Å². The van der Waals surface area contributed by atoms with Gasteiger partial charge in [-0.2, -0.15) is 0 Å². The smallest absolute Gasteiger partial charge is 0.323 e. The molecule has 212 valence electrons. The Morgan fingerprint density at radius 1 is 0.526 bits per heavy atom. The molecular weight excluding hydrogens is 514 g/mol. The zero-order valence-electron chi connectivity index (χ0n) is 20.8. The Labute approximate surface area is 216 Å². The predicted octanol–water partition coefficient (Wildman–Crippen LogP) is -5.57. The SMILES string of the molecule is CCNC(=O)CN(CC(=O)O)C(=O)CNC(=O)CNC(=O)CN(CC(=O)O)C(=O)CNC(=O)CNC(C)=O. The van der Waals surface area contributed by atoms with Gasteiger partial charge in [0, 0.05) is 13.5 Å². The van der Waals surface area contributed by atoms with Crippen molar-refractivity contribution < 1.29 is 53.4 Å². The Balaban J connectivity index is 4.75. The van der Waals surface area contributed by atoms with E-state index in [1.807, 2.05) is 0 Å². The molecule has 0 rings (SSSR count). The predicted molar refractivity (Wildman–Crippen MR) is 125 cm³/mol. The fourth-order valence-corrected chi connectivity index (χ4v) is 2.53. The minimum Gasteiger partial charge on any atom is -0.480 e. The Hall–Kier alpha value is -4.77. The summed E-state index contributed by atoms with van der Waals surface area (Å²) in [6.07, 6.45) is 0. The highest BCUT2D eigenvalue weighted by Gasteiger charge is 2.22. The van der Waals surface area contributed by atoms with Gasteiger partial charge < -0.3 is 46.6 Å². The van der Waals surface area contributed by atoms with Crippen molar-refractivity contribution in [1.82, 2.24) is 36.4 Å². The lowest BCUT2D eigenvalue weighted by Crippen LogP contribution is -2.50. The monoisotopic (exact) mass is 545 g/mol. The molecule has 38 heavy (non-hydrogen) atoms. The third-order valence-electron chi connectivity index (χ3n) is 4.22. The zero-order chi connectivity index (χ0) is 29.3. The van der Waals surface area contributed by atoms with Crippen LogP contribution in [0.25, 0.3) is 0 Å². The highest BCUT2D eigenvalue weighted by atomic mass is 16.4. The first-order valence-corrected chi connectivity index (χ1v) is 11.0. The van der Waals surface area contributed by atoms with E-state index in [0.717, 1.165) is 0 Å². The first-order chi connectivity index (χ1) is 17.7. The molecule has 18 heteroatoms. The van der Waals surface area contributed by atoms with Crippen molar-refractivity contribution in [2.45, 2.75) is 13.8 Å². The molecule has 0 radical (unpaired) electrons. The molecule has 0 unspecified atom stereocenters. The number of hydrogen-bond donors (Lipinski definition) is 7. The van der Waals surface area contributed by atoms with E-state index in [0.29, 0.717) is 9.80 Å². The third kappa shape index (κ3) is 16.0. The number of carbonyl (C=O) groups is 9. The number of rotatable bonds is 17. The summed E-state index contributed by atoms with van der Waals surface area (Å²) in [5, 5.41) is 28.9. The molecule has 0 aliphatic carbocycles. The zero-order valence-corrected chi connectivity index (χ0v) is 20.8. The second kappa shape index (κ2) is 17.6. The van der Waals surface area contributed by atoms with E-state index in [1.165, 1.54) is 6.92 Å². The lowest BCUT2D eigenvalue weighted by atomic mass is 10.3. The van der Waals surface area contributed by atoms with Gasteiger partial charge in [0.1, 0.15) is 26.2 Å². The third-order valence-corrected chi connectivity index (χ3v) is 4.22. The Bertz CT molecular complexity index is 938. The molecule has 0 saturated carbocycles. The summed E-state index contributed by atoms with van der Waals surface area (Å²) >= 11 is 0. The number of carboxylic acids is 2. The molecule has 18 nitrogen and oxygen atoms in total. The molecule has 0 aromatic carbocycles. The number of aliphatic carboxylic acids is 2. The molecule has 0 aromatic heterocycles. The van der Waals surface area contributed by atoms with Crippen molar-refractivity contribution in [1.29, 1.82) is 0 Å². The van der Waals surface area contributed by atoms with Crippen LogP contribution in [-0.4, -0.2) is 132 Å².